The Bertz CT molecular complexity index is 630. The molecule has 1 saturated heterocycles. The van der Waals surface area contributed by atoms with Crippen LogP contribution in [-0.2, 0) is 13.1 Å². The first kappa shape index (κ1) is 15.1. The number of carbonyl (C=O) groups is 1. The van der Waals surface area contributed by atoms with Gasteiger partial charge in [-0.1, -0.05) is 24.3 Å². The van der Waals surface area contributed by atoms with Crippen molar-refractivity contribution in [2.75, 3.05) is 13.1 Å². The Labute approximate surface area is 135 Å². The Morgan fingerprint density at radius 3 is 2.41 bits per heavy atom. The minimum absolute atomic E-state index is 0.219. The van der Waals surface area contributed by atoms with Gasteiger partial charge in [0.15, 0.2) is 11.0 Å². The summed E-state index contributed by atoms with van der Waals surface area (Å²) in [5.41, 5.74) is 2.38. The zero-order chi connectivity index (χ0) is 15.4. The van der Waals surface area contributed by atoms with E-state index in [1.165, 1.54) is 31.5 Å². The summed E-state index contributed by atoms with van der Waals surface area (Å²) in [5, 5.41) is 3.04. The number of rotatable bonds is 5. The lowest BCUT2D eigenvalue weighted by atomic mass is 10.1. The highest BCUT2D eigenvalue weighted by Crippen LogP contribution is 2.14. The van der Waals surface area contributed by atoms with Gasteiger partial charge in [-0.2, -0.15) is 0 Å². The molecule has 1 aliphatic heterocycles. The van der Waals surface area contributed by atoms with Gasteiger partial charge in [0.25, 0.3) is 5.91 Å². The lowest BCUT2D eigenvalue weighted by Crippen LogP contribution is -2.22. The number of likely N-dealkylation sites (tertiary alicyclic amines) is 1. The van der Waals surface area contributed by atoms with Crippen LogP contribution in [0.2, 0.25) is 5.22 Å². The molecule has 0 aliphatic carbocycles. The third kappa shape index (κ3) is 3.90. The fourth-order valence-corrected chi connectivity index (χ4v) is 2.81. The van der Waals surface area contributed by atoms with Gasteiger partial charge in [-0.05, 0) is 60.8 Å². The number of nitrogens with one attached hydrogen (secondary N) is 1. The summed E-state index contributed by atoms with van der Waals surface area (Å²) in [7, 11) is 0. The number of amides is 1. The first-order valence-corrected chi connectivity index (χ1v) is 7.92. The molecule has 0 unspecified atom stereocenters. The fourth-order valence-electron chi connectivity index (χ4n) is 2.67. The van der Waals surface area contributed by atoms with Crippen LogP contribution in [0.25, 0.3) is 0 Å². The van der Waals surface area contributed by atoms with Crippen LogP contribution in [0.5, 0.6) is 0 Å². The number of hydrogen-bond acceptors (Lipinski definition) is 3. The van der Waals surface area contributed by atoms with Gasteiger partial charge in [0.2, 0.25) is 0 Å². The second kappa shape index (κ2) is 6.99. The van der Waals surface area contributed by atoms with Crippen molar-refractivity contribution >= 4 is 17.5 Å². The maximum absolute atomic E-state index is 11.9. The van der Waals surface area contributed by atoms with Crippen molar-refractivity contribution < 1.29 is 9.21 Å². The standard InChI is InChI=1S/C17H19ClN2O2/c18-16-8-7-15(22-16)17(21)19-11-13-3-5-14(6-4-13)12-20-9-1-2-10-20/h3-8H,1-2,9-12H2,(H,19,21). The number of halogens is 1. The molecular formula is C17H19ClN2O2. The highest BCUT2D eigenvalue weighted by atomic mass is 35.5. The van der Waals surface area contributed by atoms with Crippen LogP contribution in [-0.4, -0.2) is 23.9 Å². The fraction of sp³-hybridized carbons (Fsp3) is 0.353. The van der Waals surface area contributed by atoms with Crippen molar-refractivity contribution in [3.63, 3.8) is 0 Å². The molecule has 0 bridgehead atoms. The van der Waals surface area contributed by atoms with Crippen molar-refractivity contribution in [1.29, 1.82) is 0 Å². The van der Waals surface area contributed by atoms with Crippen LogP contribution in [0.15, 0.2) is 40.8 Å². The zero-order valence-electron chi connectivity index (χ0n) is 12.3. The summed E-state index contributed by atoms with van der Waals surface area (Å²) in [4.78, 5) is 14.3. The Morgan fingerprint density at radius 2 is 1.77 bits per heavy atom. The van der Waals surface area contributed by atoms with Crippen LogP contribution in [0, 0.1) is 0 Å². The summed E-state index contributed by atoms with van der Waals surface area (Å²) in [6, 6.07) is 11.5. The topological polar surface area (TPSA) is 45.5 Å². The molecule has 0 saturated carbocycles. The average Bonchev–Trinajstić information content (AvgIpc) is 3.18. The molecule has 1 N–H and O–H groups in total. The zero-order valence-corrected chi connectivity index (χ0v) is 13.1. The summed E-state index contributed by atoms with van der Waals surface area (Å²) >= 11 is 5.66. The Balaban J connectivity index is 1.51. The molecule has 0 spiro atoms. The van der Waals surface area contributed by atoms with Crippen molar-refractivity contribution in [1.82, 2.24) is 10.2 Å². The van der Waals surface area contributed by atoms with E-state index < -0.39 is 0 Å². The third-order valence-corrected chi connectivity index (χ3v) is 4.08. The van der Waals surface area contributed by atoms with Crippen LogP contribution in [0.4, 0.5) is 0 Å². The Kier molecular flexibility index (Phi) is 4.80. The number of hydrogen-bond donors (Lipinski definition) is 1. The van der Waals surface area contributed by atoms with Crippen molar-refractivity contribution in [3.8, 4) is 0 Å². The first-order valence-electron chi connectivity index (χ1n) is 7.54. The summed E-state index contributed by atoms with van der Waals surface area (Å²) in [6.45, 7) is 3.88. The minimum atomic E-state index is -0.256. The quantitative estimate of drug-likeness (QED) is 0.918. The molecule has 3 rings (SSSR count). The maximum atomic E-state index is 11.9. The Hall–Kier alpha value is -1.78. The molecule has 0 radical (unpaired) electrons. The number of nitrogens with zero attached hydrogens (tertiary/aromatic N) is 1. The Morgan fingerprint density at radius 1 is 1.09 bits per heavy atom. The number of furan rings is 1. The molecule has 0 atom stereocenters. The van der Waals surface area contributed by atoms with E-state index in [1.807, 2.05) is 0 Å². The molecule has 116 valence electrons. The van der Waals surface area contributed by atoms with E-state index in [2.05, 4.69) is 34.5 Å². The van der Waals surface area contributed by atoms with E-state index in [1.54, 1.807) is 12.1 Å². The number of carbonyl (C=O) groups excluding carboxylic acids is 1. The second-order valence-electron chi connectivity index (χ2n) is 5.59. The first-order chi connectivity index (χ1) is 10.7. The van der Waals surface area contributed by atoms with Crippen LogP contribution >= 0.6 is 11.6 Å². The molecule has 1 fully saturated rings. The summed E-state index contributed by atoms with van der Waals surface area (Å²) in [5.74, 6) is -0.0244. The lowest BCUT2D eigenvalue weighted by molar-refractivity contribution is 0.0923. The molecule has 2 heterocycles. The second-order valence-corrected chi connectivity index (χ2v) is 5.96. The summed E-state index contributed by atoms with van der Waals surface area (Å²) < 4.78 is 5.08. The van der Waals surface area contributed by atoms with Crippen LogP contribution in [0.1, 0.15) is 34.5 Å². The molecular weight excluding hydrogens is 300 g/mol. The maximum Gasteiger partial charge on any atom is 0.287 e. The molecule has 1 aromatic carbocycles. The monoisotopic (exact) mass is 318 g/mol. The lowest BCUT2D eigenvalue weighted by Gasteiger charge is -2.14. The normalized spacial score (nSPS) is 15.1. The van der Waals surface area contributed by atoms with Crippen molar-refractivity contribution in [2.24, 2.45) is 0 Å². The smallest absolute Gasteiger partial charge is 0.287 e. The van der Waals surface area contributed by atoms with Crippen molar-refractivity contribution in [2.45, 2.75) is 25.9 Å². The van der Waals surface area contributed by atoms with Gasteiger partial charge in [-0.3, -0.25) is 9.69 Å². The largest absolute Gasteiger partial charge is 0.440 e. The molecule has 4 nitrogen and oxygen atoms in total. The summed E-state index contributed by atoms with van der Waals surface area (Å²) in [6.07, 6.45) is 2.61. The molecule has 1 aliphatic rings. The van der Waals surface area contributed by atoms with Gasteiger partial charge < -0.3 is 9.73 Å². The van der Waals surface area contributed by atoms with E-state index in [9.17, 15) is 4.79 Å². The molecule has 22 heavy (non-hydrogen) atoms. The van der Waals surface area contributed by atoms with Gasteiger partial charge in [0.05, 0.1) is 0 Å². The molecule has 2 aromatic rings. The number of benzene rings is 1. The van der Waals surface area contributed by atoms with Crippen LogP contribution < -0.4 is 5.32 Å². The highest BCUT2D eigenvalue weighted by Gasteiger charge is 2.12. The highest BCUT2D eigenvalue weighted by molar-refractivity contribution is 6.29. The molecule has 1 amide bonds. The van der Waals surface area contributed by atoms with Gasteiger partial charge in [0, 0.05) is 13.1 Å². The van der Waals surface area contributed by atoms with Crippen molar-refractivity contribution in [3.05, 3.63) is 58.5 Å². The SMILES string of the molecule is O=C(NCc1ccc(CN2CCCC2)cc1)c1ccc(Cl)o1. The van der Waals surface area contributed by atoms with E-state index in [-0.39, 0.29) is 16.9 Å². The third-order valence-electron chi connectivity index (χ3n) is 3.88. The van der Waals surface area contributed by atoms with Gasteiger partial charge in [-0.15, -0.1) is 0 Å². The van der Waals surface area contributed by atoms with E-state index in [0.717, 1.165) is 12.1 Å². The van der Waals surface area contributed by atoms with E-state index in [0.29, 0.717) is 6.54 Å². The predicted molar refractivity (Wildman–Crippen MR) is 85.8 cm³/mol. The van der Waals surface area contributed by atoms with E-state index >= 15 is 0 Å². The minimum Gasteiger partial charge on any atom is -0.440 e. The molecule has 1 aromatic heterocycles. The van der Waals surface area contributed by atoms with Crippen LogP contribution in [0.3, 0.4) is 0 Å². The van der Waals surface area contributed by atoms with E-state index in [4.69, 9.17) is 16.0 Å². The van der Waals surface area contributed by atoms with Gasteiger partial charge >= 0.3 is 0 Å². The molecule has 5 heteroatoms. The van der Waals surface area contributed by atoms with Gasteiger partial charge in [0.1, 0.15) is 0 Å². The predicted octanol–water partition coefficient (Wildman–Crippen LogP) is 3.46. The average molecular weight is 319 g/mol. The van der Waals surface area contributed by atoms with Gasteiger partial charge in [-0.25, -0.2) is 0 Å².